The Labute approximate surface area is 157 Å². The van der Waals surface area contributed by atoms with Gasteiger partial charge in [0.25, 0.3) is 0 Å². The third-order valence-electron chi connectivity index (χ3n) is 4.88. The van der Waals surface area contributed by atoms with Gasteiger partial charge in [-0.1, -0.05) is 40.2 Å². The summed E-state index contributed by atoms with van der Waals surface area (Å²) in [6, 6.07) is 12.0. The number of carboxylic acid groups (broad SMARTS) is 1. The quantitative estimate of drug-likeness (QED) is 0.576. The predicted molar refractivity (Wildman–Crippen MR) is 102 cm³/mol. The summed E-state index contributed by atoms with van der Waals surface area (Å²) in [6.07, 6.45) is 5.41. The molecule has 0 radical (unpaired) electrons. The number of allylic oxidation sites excluding steroid dienone is 2. The number of hydrogen-bond donors (Lipinski definition) is 2. The van der Waals surface area contributed by atoms with Crippen LogP contribution in [0.1, 0.15) is 39.9 Å². The van der Waals surface area contributed by atoms with E-state index in [1.54, 1.807) is 12.1 Å². The zero-order valence-corrected chi connectivity index (χ0v) is 15.8. The highest BCUT2D eigenvalue weighted by molar-refractivity contribution is 9.10. The van der Waals surface area contributed by atoms with Crippen LogP contribution in [0, 0.1) is 5.92 Å². The number of carbonyl (C=O) groups is 1. The fourth-order valence-electron chi connectivity index (χ4n) is 3.81. The third-order valence-corrected chi connectivity index (χ3v) is 5.99. The minimum absolute atomic E-state index is 0.196. The first-order valence-electron chi connectivity index (χ1n) is 7.80. The van der Waals surface area contributed by atoms with Crippen LogP contribution in [0.3, 0.4) is 0 Å². The molecule has 0 fully saturated rings. The van der Waals surface area contributed by atoms with Crippen molar-refractivity contribution in [3.05, 3.63) is 74.2 Å². The van der Waals surface area contributed by atoms with Crippen molar-refractivity contribution in [3.8, 4) is 0 Å². The molecule has 3 atom stereocenters. The summed E-state index contributed by atoms with van der Waals surface area (Å²) in [5.41, 5.74) is 3.62. The summed E-state index contributed by atoms with van der Waals surface area (Å²) < 4.78 is 1.87. The first-order chi connectivity index (χ1) is 11.5. The van der Waals surface area contributed by atoms with Gasteiger partial charge in [-0.2, -0.15) is 0 Å². The zero-order valence-electron chi connectivity index (χ0n) is 12.7. The van der Waals surface area contributed by atoms with E-state index in [0.717, 1.165) is 26.6 Å². The second-order valence-electron chi connectivity index (χ2n) is 6.26. The van der Waals surface area contributed by atoms with E-state index < -0.39 is 5.97 Å². The van der Waals surface area contributed by atoms with Gasteiger partial charge in [0.15, 0.2) is 0 Å². The average Bonchev–Trinajstić information content (AvgIpc) is 3.04. The minimum atomic E-state index is -0.897. The third kappa shape index (κ3) is 2.60. The highest BCUT2D eigenvalue weighted by Crippen LogP contribution is 2.52. The lowest BCUT2D eigenvalue weighted by Crippen LogP contribution is -2.29. The van der Waals surface area contributed by atoms with Gasteiger partial charge < -0.3 is 10.4 Å². The van der Waals surface area contributed by atoms with Crippen molar-refractivity contribution in [2.75, 3.05) is 5.32 Å². The average molecular weight is 449 g/mol. The SMILES string of the molecule is O=C(O)c1cc(Br)c2c(c1)[C@H]1C=CC[C@H]1[C@@H](c1cccc(Br)c1)N2. The number of benzene rings is 2. The van der Waals surface area contributed by atoms with Crippen LogP contribution in [0.2, 0.25) is 0 Å². The van der Waals surface area contributed by atoms with E-state index in [0.29, 0.717) is 11.5 Å². The molecule has 0 aromatic heterocycles. The molecular weight excluding hydrogens is 434 g/mol. The molecule has 0 saturated carbocycles. The Morgan fingerprint density at radius 3 is 2.79 bits per heavy atom. The van der Waals surface area contributed by atoms with Gasteiger partial charge in [-0.25, -0.2) is 4.79 Å². The Balaban J connectivity index is 1.83. The molecule has 0 saturated heterocycles. The van der Waals surface area contributed by atoms with Crippen molar-refractivity contribution >= 4 is 43.5 Å². The maximum absolute atomic E-state index is 11.4. The lowest BCUT2D eigenvalue weighted by Gasteiger charge is -2.38. The molecule has 3 nitrogen and oxygen atoms in total. The summed E-state index contributed by atoms with van der Waals surface area (Å²) in [5.74, 6) is -0.269. The van der Waals surface area contributed by atoms with Gasteiger partial charge in [0.05, 0.1) is 17.3 Å². The maximum atomic E-state index is 11.4. The molecule has 122 valence electrons. The van der Waals surface area contributed by atoms with Crippen LogP contribution >= 0.6 is 31.9 Å². The molecule has 24 heavy (non-hydrogen) atoms. The van der Waals surface area contributed by atoms with E-state index >= 15 is 0 Å². The van der Waals surface area contributed by atoms with Crippen molar-refractivity contribution in [2.45, 2.75) is 18.4 Å². The molecule has 2 N–H and O–H groups in total. The number of carboxylic acids is 1. The zero-order chi connectivity index (χ0) is 16.8. The lowest BCUT2D eigenvalue weighted by molar-refractivity contribution is 0.0696. The summed E-state index contributed by atoms with van der Waals surface area (Å²) >= 11 is 7.11. The molecule has 1 aliphatic carbocycles. The molecule has 0 amide bonds. The summed E-state index contributed by atoms with van der Waals surface area (Å²) in [4.78, 5) is 11.4. The second kappa shape index (κ2) is 6.05. The number of fused-ring (bicyclic) bond motifs is 3. The molecule has 0 spiro atoms. The van der Waals surface area contributed by atoms with Crippen LogP contribution in [0.15, 0.2) is 57.5 Å². The molecule has 1 heterocycles. The van der Waals surface area contributed by atoms with Crippen molar-refractivity contribution in [3.63, 3.8) is 0 Å². The Bertz CT molecular complexity index is 862. The monoisotopic (exact) mass is 447 g/mol. The number of hydrogen-bond acceptors (Lipinski definition) is 2. The van der Waals surface area contributed by atoms with Gasteiger partial charge >= 0.3 is 5.97 Å². The number of halogens is 2. The predicted octanol–water partition coefficient (Wildman–Crippen LogP) is 5.74. The van der Waals surface area contributed by atoms with E-state index in [1.807, 2.05) is 6.07 Å². The maximum Gasteiger partial charge on any atom is 0.335 e. The van der Waals surface area contributed by atoms with Crippen LogP contribution in [0.5, 0.6) is 0 Å². The van der Waals surface area contributed by atoms with Gasteiger partial charge in [0, 0.05) is 14.9 Å². The van der Waals surface area contributed by atoms with Crippen LogP contribution in [0.25, 0.3) is 0 Å². The van der Waals surface area contributed by atoms with Crippen molar-refractivity contribution in [1.29, 1.82) is 0 Å². The van der Waals surface area contributed by atoms with E-state index in [4.69, 9.17) is 0 Å². The van der Waals surface area contributed by atoms with Gasteiger partial charge in [0.2, 0.25) is 0 Å². The Kier molecular flexibility index (Phi) is 4.01. The summed E-state index contributed by atoms with van der Waals surface area (Å²) in [6.45, 7) is 0. The van der Waals surface area contributed by atoms with E-state index in [-0.39, 0.29) is 12.0 Å². The number of nitrogens with one attached hydrogen (secondary N) is 1. The molecule has 1 aliphatic heterocycles. The normalized spacial score (nSPS) is 24.2. The lowest BCUT2D eigenvalue weighted by atomic mass is 9.76. The van der Waals surface area contributed by atoms with Crippen molar-refractivity contribution < 1.29 is 9.90 Å². The smallest absolute Gasteiger partial charge is 0.335 e. The Hall–Kier alpha value is -1.59. The topological polar surface area (TPSA) is 49.3 Å². The molecule has 2 aromatic carbocycles. The number of aromatic carboxylic acids is 1. The highest BCUT2D eigenvalue weighted by Gasteiger charge is 2.39. The standard InChI is InChI=1S/C19H15Br2NO2/c20-12-4-1-3-10(7-12)17-14-6-2-5-13(14)15-8-11(19(23)24)9-16(21)18(15)22-17/h1-5,7-9,13-14,17,22H,6H2,(H,23,24)/t13-,14+,17+/m0/s1. The van der Waals surface area contributed by atoms with Crippen LogP contribution in [-0.2, 0) is 0 Å². The van der Waals surface area contributed by atoms with Crippen molar-refractivity contribution in [1.82, 2.24) is 0 Å². The molecule has 2 aromatic rings. The molecule has 5 heteroatoms. The molecule has 0 bridgehead atoms. The first-order valence-corrected chi connectivity index (χ1v) is 9.38. The Morgan fingerprint density at radius 2 is 2.04 bits per heavy atom. The first kappa shape index (κ1) is 15.9. The van der Waals surface area contributed by atoms with E-state index in [9.17, 15) is 9.90 Å². The van der Waals surface area contributed by atoms with Crippen LogP contribution in [0.4, 0.5) is 5.69 Å². The van der Waals surface area contributed by atoms with Gasteiger partial charge in [-0.05, 0) is 63.7 Å². The summed E-state index contributed by atoms with van der Waals surface area (Å²) in [5, 5.41) is 13.0. The number of anilines is 1. The molecule has 0 unspecified atom stereocenters. The van der Waals surface area contributed by atoms with Crippen LogP contribution in [-0.4, -0.2) is 11.1 Å². The van der Waals surface area contributed by atoms with Gasteiger partial charge in [-0.15, -0.1) is 0 Å². The highest BCUT2D eigenvalue weighted by atomic mass is 79.9. The van der Waals surface area contributed by atoms with Gasteiger partial charge in [-0.3, -0.25) is 0 Å². The largest absolute Gasteiger partial charge is 0.478 e. The molecule has 4 rings (SSSR count). The molecular formula is C19H15Br2NO2. The molecule has 2 aliphatic rings. The number of rotatable bonds is 2. The fraction of sp³-hybridized carbons (Fsp3) is 0.211. The van der Waals surface area contributed by atoms with E-state index in [2.05, 4.69) is 67.5 Å². The Morgan fingerprint density at radius 1 is 1.21 bits per heavy atom. The van der Waals surface area contributed by atoms with Gasteiger partial charge in [0.1, 0.15) is 0 Å². The minimum Gasteiger partial charge on any atom is -0.478 e. The van der Waals surface area contributed by atoms with Crippen LogP contribution < -0.4 is 5.32 Å². The second-order valence-corrected chi connectivity index (χ2v) is 8.03. The fourth-order valence-corrected chi connectivity index (χ4v) is 4.82. The summed E-state index contributed by atoms with van der Waals surface area (Å²) in [7, 11) is 0. The van der Waals surface area contributed by atoms with Crippen molar-refractivity contribution in [2.24, 2.45) is 5.92 Å². The van der Waals surface area contributed by atoms with E-state index in [1.165, 1.54) is 5.56 Å².